The van der Waals surface area contributed by atoms with Gasteiger partial charge >= 0.3 is 0 Å². The first kappa shape index (κ1) is 10.7. The molecule has 0 amide bonds. The Labute approximate surface area is 95.3 Å². The Morgan fingerprint density at radius 1 is 1.19 bits per heavy atom. The Kier molecular flexibility index (Phi) is 2.93. The van der Waals surface area contributed by atoms with Gasteiger partial charge in [0.15, 0.2) is 0 Å². The summed E-state index contributed by atoms with van der Waals surface area (Å²) in [5, 5.41) is 2.23. The van der Waals surface area contributed by atoms with Crippen molar-refractivity contribution < 1.29 is 4.74 Å². The number of hydrogen-bond acceptors (Lipinski definition) is 2. The summed E-state index contributed by atoms with van der Waals surface area (Å²) >= 11 is 0. The number of fused-ring (bicyclic) bond motifs is 1. The minimum atomic E-state index is 0.469. The van der Waals surface area contributed by atoms with Gasteiger partial charge in [-0.1, -0.05) is 36.9 Å². The quantitative estimate of drug-likeness (QED) is 0.850. The van der Waals surface area contributed by atoms with Gasteiger partial charge in [-0.05, 0) is 22.6 Å². The molecule has 0 bridgehead atoms. The topological polar surface area (TPSA) is 35.2 Å². The lowest BCUT2D eigenvalue weighted by Gasteiger charge is -2.11. The highest BCUT2D eigenvalue weighted by molar-refractivity contribution is 5.97. The zero-order valence-corrected chi connectivity index (χ0v) is 9.36. The number of nitrogens with two attached hydrogens (primary N) is 1. The maximum absolute atomic E-state index is 5.63. The Balaban J connectivity index is 2.74. The van der Waals surface area contributed by atoms with E-state index in [0.717, 1.165) is 27.7 Å². The second-order valence-corrected chi connectivity index (χ2v) is 3.67. The van der Waals surface area contributed by atoms with Crippen molar-refractivity contribution >= 4 is 16.3 Å². The average molecular weight is 213 g/mol. The fourth-order valence-corrected chi connectivity index (χ4v) is 1.87. The lowest BCUT2D eigenvalue weighted by molar-refractivity contribution is 0.420. The van der Waals surface area contributed by atoms with Crippen LogP contribution in [-0.2, 0) is 0 Å². The van der Waals surface area contributed by atoms with E-state index in [4.69, 9.17) is 10.5 Å². The van der Waals surface area contributed by atoms with Gasteiger partial charge in [-0.25, -0.2) is 0 Å². The summed E-state index contributed by atoms with van der Waals surface area (Å²) < 4.78 is 5.33. The molecule has 82 valence electrons. The molecule has 0 aliphatic carbocycles. The second-order valence-electron chi connectivity index (χ2n) is 3.67. The molecule has 0 unspecified atom stereocenters. The molecule has 0 aliphatic heterocycles. The Morgan fingerprint density at radius 2 is 1.88 bits per heavy atom. The molecule has 0 saturated carbocycles. The van der Waals surface area contributed by atoms with Crippen LogP contribution in [0.3, 0.4) is 0 Å². The van der Waals surface area contributed by atoms with E-state index in [0.29, 0.717) is 6.54 Å². The summed E-state index contributed by atoms with van der Waals surface area (Å²) in [7, 11) is 1.68. The minimum Gasteiger partial charge on any atom is -0.496 e. The number of hydrogen-bond donors (Lipinski definition) is 1. The van der Waals surface area contributed by atoms with E-state index in [-0.39, 0.29) is 0 Å². The van der Waals surface area contributed by atoms with E-state index < -0.39 is 0 Å². The predicted octanol–water partition coefficient (Wildman–Crippen LogP) is 2.82. The molecule has 2 rings (SSSR count). The number of ether oxygens (including phenoxy) is 1. The van der Waals surface area contributed by atoms with Crippen molar-refractivity contribution in [2.75, 3.05) is 13.7 Å². The number of methoxy groups -OCH3 is 1. The van der Waals surface area contributed by atoms with E-state index in [1.54, 1.807) is 7.11 Å². The van der Waals surface area contributed by atoms with Crippen LogP contribution in [-0.4, -0.2) is 13.7 Å². The maximum Gasteiger partial charge on any atom is 0.126 e. The molecule has 0 spiro atoms. The molecule has 0 atom stereocenters. The molecule has 0 heterocycles. The molecular weight excluding hydrogens is 198 g/mol. The van der Waals surface area contributed by atoms with Crippen LogP contribution in [0.2, 0.25) is 0 Å². The molecule has 0 saturated heterocycles. The third-order valence-corrected chi connectivity index (χ3v) is 2.73. The standard InChI is InChI=1S/C14H15NO/c1-10(9-15)11-7-8-14(16-2)13-6-4-3-5-12(11)13/h3-8H,1,9,15H2,2H3. The SMILES string of the molecule is C=C(CN)c1ccc(OC)c2ccccc12. The smallest absolute Gasteiger partial charge is 0.126 e. The molecule has 0 radical (unpaired) electrons. The van der Waals surface area contributed by atoms with Gasteiger partial charge < -0.3 is 10.5 Å². The van der Waals surface area contributed by atoms with E-state index >= 15 is 0 Å². The van der Waals surface area contributed by atoms with Crippen LogP contribution in [0, 0.1) is 0 Å². The normalized spacial score (nSPS) is 10.4. The third kappa shape index (κ3) is 1.68. The van der Waals surface area contributed by atoms with Crippen LogP contribution in [0.5, 0.6) is 5.75 Å². The highest BCUT2D eigenvalue weighted by atomic mass is 16.5. The van der Waals surface area contributed by atoms with Crippen molar-refractivity contribution in [1.29, 1.82) is 0 Å². The summed E-state index contributed by atoms with van der Waals surface area (Å²) in [6.07, 6.45) is 0. The summed E-state index contributed by atoms with van der Waals surface area (Å²) in [4.78, 5) is 0. The first-order valence-corrected chi connectivity index (χ1v) is 5.22. The van der Waals surface area contributed by atoms with Gasteiger partial charge in [0.2, 0.25) is 0 Å². The van der Waals surface area contributed by atoms with Crippen molar-refractivity contribution in [3.8, 4) is 5.75 Å². The first-order valence-electron chi connectivity index (χ1n) is 5.22. The van der Waals surface area contributed by atoms with Crippen molar-refractivity contribution in [3.63, 3.8) is 0 Å². The van der Waals surface area contributed by atoms with Crippen LogP contribution < -0.4 is 10.5 Å². The predicted molar refractivity (Wildman–Crippen MR) is 68.6 cm³/mol. The number of benzene rings is 2. The highest BCUT2D eigenvalue weighted by Gasteiger charge is 2.07. The fraction of sp³-hybridized carbons (Fsp3) is 0.143. The molecule has 2 aromatic rings. The summed E-state index contributed by atoms with van der Waals surface area (Å²) in [5.41, 5.74) is 7.67. The van der Waals surface area contributed by atoms with E-state index in [1.165, 1.54) is 0 Å². The third-order valence-electron chi connectivity index (χ3n) is 2.73. The van der Waals surface area contributed by atoms with Crippen LogP contribution in [0.1, 0.15) is 5.56 Å². The molecule has 0 aliphatic rings. The zero-order chi connectivity index (χ0) is 11.5. The number of rotatable bonds is 3. The lowest BCUT2D eigenvalue weighted by Crippen LogP contribution is -2.01. The minimum absolute atomic E-state index is 0.469. The summed E-state index contributed by atoms with van der Waals surface area (Å²) in [5.74, 6) is 0.879. The van der Waals surface area contributed by atoms with Crippen molar-refractivity contribution in [2.45, 2.75) is 0 Å². The zero-order valence-electron chi connectivity index (χ0n) is 9.36. The van der Waals surface area contributed by atoms with Gasteiger partial charge in [0, 0.05) is 11.9 Å². The summed E-state index contributed by atoms with van der Waals surface area (Å²) in [6, 6.07) is 12.1. The monoisotopic (exact) mass is 213 g/mol. The second kappa shape index (κ2) is 4.37. The van der Waals surface area contributed by atoms with Gasteiger partial charge in [0.05, 0.1) is 7.11 Å². The van der Waals surface area contributed by atoms with Crippen molar-refractivity contribution in [2.24, 2.45) is 5.73 Å². The van der Waals surface area contributed by atoms with Gasteiger partial charge in [0.25, 0.3) is 0 Å². The molecule has 0 fully saturated rings. The molecule has 2 nitrogen and oxygen atoms in total. The van der Waals surface area contributed by atoms with Gasteiger partial charge in [-0.2, -0.15) is 0 Å². The van der Waals surface area contributed by atoms with Crippen LogP contribution in [0.15, 0.2) is 43.0 Å². The van der Waals surface area contributed by atoms with Crippen LogP contribution >= 0.6 is 0 Å². The molecular formula is C14H15NO. The van der Waals surface area contributed by atoms with E-state index in [2.05, 4.69) is 12.6 Å². The van der Waals surface area contributed by atoms with E-state index in [9.17, 15) is 0 Å². The van der Waals surface area contributed by atoms with Crippen molar-refractivity contribution in [1.82, 2.24) is 0 Å². The molecule has 2 aromatic carbocycles. The van der Waals surface area contributed by atoms with Crippen LogP contribution in [0.4, 0.5) is 0 Å². The Hall–Kier alpha value is -1.80. The fourth-order valence-electron chi connectivity index (χ4n) is 1.87. The molecule has 2 heteroatoms. The first-order chi connectivity index (χ1) is 7.77. The van der Waals surface area contributed by atoms with Gasteiger partial charge in [-0.3, -0.25) is 0 Å². The van der Waals surface area contributed by atoms with E-state index in [1.807, 2.05) is 30.3 Å². The molecule has 16 heavy (non-hydrogen) atoms. The van der Waals surface area contributed by atoms with Crippen LogP contribution in [0.25, 0.3) is 16.3 Å². The molecule has 2 N–H and O–H groups in total. The average Bonchev–Trinajstić information content (AvgIpc) is 2.36. The maximum atomic E-state index is 5.63. The lowest BCUT2D eigenvalue weighted by atomic mass is 9.98. The van der Waals surface area contributed by atoms with Gasteiger partial charge in [0.1, 0.15) is 5.75 Å². The largest absolute Gasteiger partial charge is 0.496 e. The summed E-state index contributed by atoms with van der Waals surface area (Å²) in [6.45, 7) is 4.45. The van der Waals surface area contributed by atoms with Crippen molar-refractivity contribution in [3.05, 3.63) is 48.5 Å². The Bertz CT molecular complexity index is 531. The Morgan fingerprint density at radius 3 is 2.50 bits per heavy atom. The molecule has 0 aromatic heterocycles. The highest BCUT2D eigenvalue weighted by Crippen LogP contribution is 2.30. The van der Waals surface area contributed by atoms with Gasteiger partial charge in [-0.15, -0.1) is 0 Å².